The predicted molar refractivity (Wildman–Crippen MR) is 169 cm³/mol. The average Bonchev–Trinajstić information content (AvgIpc) is 3.42. The molecule has 4 aromatic rings. The van der Waals surface area contributed by atoms with E-state index in [-0.39, 0.29) is 17.4 Å². The Labute approximate surface area is 252 Å². The molecule has 3 amide bonds. The van der Waals surface area contributed by atoms with Gasteiger partial charge in [-0.1, -0.05) is 62.7 Å². The lowest BCUT2D eigenvalue weighted by Crippen LogP contribution is -2.50. The summed E-state index contributed by atoms with van der Waals surface area (Å²) in [4.78, 5) is 27.4. The van der Waals surface area contributed by atoms with E-state index in [4.69, 9.17) is 14.6 Å². The molecule has 1 fully saturated rings. The molecule has 5 rings (SSSR count). The lowest BCUT2D eigenvalue weighted by molar-refractivity contribution is -0.138. The summed E-state index contributed by atoms with van der Waals surface area (Å²) < 4.78 is 13.5. The van der Waals surface area contributed by atoms with Gasteiger partial charge in [0, 0.05) is 48.9 Å². The normalized spacial score (nSPS) is 15.7. The molecule has 0 bridgehead atoms. The number of ether oxygens (including phenoxy) is 2. The van der Waals surface area contributed by atoms with Gasteiger partial charge in [0.25, 0.3) is 0 Å². The van der Waals surface area contributed by atoms with E-state index in [0.29, 0.717) is 37.8 Å². The van der Waals surface area contributed by atoms with E-state index in [2.05, 4.69) is 41.6 Å². The number of hydrogen-bond donors (Lipinski definition) is 3. The summed E-state index contributed by atoms with van der Waals surface area (Å²) >= 11 is 0. The summed E-state index contributed by atoms with van der Waals surface area (Å²) in [5.41, 5.74) is 3.36. The van der Waals surface area contributed by atoms with Crippen LogP contribution >= 0.6 is 0 Å². The number of aromatic nitrogens is 2. The van der Waals surface area contributed by atoms with Crippen LogP contribution in [0.25, 0.3) is 16.5 Å². The second kappa shape index (κ2) is 12.8. The molecule has 0 spiro atoms. The van der Waals surface area contributed by atoms with Gasteiger partial charge in [-0.05, 0) is 31.2 Å². The Morgan fingerprint density at radius 1 is 1.02 bits per heavy atom. The molecular weight excluding hydrogens is 544 g/mol. The highest BCUT2D eigenvalue weighted by Crippen LogP contribution is 2.32. The molecule has 1 unspecified atom stereocenters. The number of nitrogens with zero attached hydrogens (tertiary/aromatic N) is 3. The van der Waals surface area contributed by atoms with E-state index in [1.54, 1.807) is 11.7 Å². The Morgan fingerprint density at radius 2 is 1.77 bits per heavy atom. The number of nitrogens with one attached hydrogen (secondary N) is 3. The second-order valence-corrected chi connectivity index (χ2v) is 11.8. The zero-order valence-corrected chi connectivity index (χ0v) is 25.4. The fraction of sp³-hybridized carbons (Fsp3) is 0.364. The Balaban J connectivity index is 1.29. The van der Waals surface area contributed by atoms with E-state index in [1.807, 2.05) is 73.7 Å². The minimum Gasteiger partial charge on any atom is -0.492 e. The molecule has 1 atom stereocenters. The first-order valence-corrected chi connectivity index (χ1v) is 14.6. The van der Waals surface area contributed by atoms with Crippen molar-refractivity contribution in [1.82, 2.24) is 20.0 Å². The zero-order valence-electron chi connectivity index (χ0n) is 25.4. The van der Waals surface area contributed by atoms with Crippen molar-refractivity contribution < 1.29 is 19.1 Å². The summed E-state index contributed by atoms with van der Waals surface area (Å²) in [5, 5.41) is 15.2. The summed E-state index contributed by atoms with van der Waals surface area (Å²) in [6.07, 6.45) is -0.466. The van der Waals surface area contributed by atoms with Gasteiger partial charge >= 0.3 is 6.03 Å². The van der Waals surface area contributed by atoms with Crippen LogP contribution < -0.4 is 20.7 Å². The van der Waals surface area contributed by atoms with Crippen LogP contribution in [0.5, 0.6) is 5.75 Å². The van der Waals surface area contributed by atoms with Crippen LogP contribution in [0.3, 0.4) is 0 Å². The van der Waals surface area contributed by atoms with Crippen molar-refractivity contribution in [3.63, 3.8) is 0 Å². The molecule has 3 aromatic carbocycles. The number of benzene rings is 3. The smallest absolute Gasteiger partial charge is 0.324 e. The SMILES string of the molecule is CNC(=O)C1CN(CCOc2ccc(NC(=O)Nc3cc(C(C)(C)C)nn3-c3ccc(C)cc3)c3ccccc23)CCO1. The number of morpholine rings is 1. The number of rotatable bonds is 8. The van der Waals surface area contributed by atoms with E-state index in [1.165, 1.54) is 0 Å². The maximum atomic E-state index is 13.3. The summed E-state index contributed by atoms with van der Waals surface area (Å²) in [6.45, 7) is 11.2. The number of fused-ring (bicyclic) bond motifs is 1. The van der Waals surface area contributed by atoms with Gasteiger partial charge in [-0.25, -0.2) is 9.48 Å². The fourth-order valence-electron chi connectivity index (χ4n) is 5.01. The number of aryl methyl sites for hydroxylation is 1. The van der Waals surface area contributed by atoms with Gasteiger partial charge < -0.3 is 20.1 Å². The summed E-state index contributed by atoms with van der Waals surface area (Å²) in [6, 6.07) is 21.1. The summed E-state index contributed by atoms with van der Waals surface area (Å²) in [5.74, 6) is 1.19. The van der Waals surface area contributed by atoms with Crippen molar-refractivity contribution in [1.29, 1.82) is 0 Å². The first kappa shape index (κ1) is 30.1. The third-order valence-electron chi connectivity index (χ3n) is 7.48. The molecule has 1 saturated heterocycles. The third-order valence-corrected chi connectivity index (χ3v) is 7.48. The fourth-order valence-corrected chi connectivity index (χ4v) is 5.01. The molecule has 10 heteroatoms. The topological polar surface area (TPSA) is 110 Å². The maximum absolute atomic E-state index is 13.3. The molecular formula is C33H40N6O4. The molecule has 0 aliphatic carbocycles. The lowest BCUT2D eigenvalue weighted by atomic mass is 9.92. The van der Waals surface area contributed by atoms with Crippen LogP contribution in [0.4, 0.5) is 16.3 Å². The molecule has 43 heavy (non-hydrogen) atoms. The van der Waals surface area contributed by atoms with Crippen LogP contribution in [0, 0.1) is 6.92 Å². The Hall–Kier alpha value is -4.41. The van der Waals surface area contributed by atoms with Gasteiger partial charge in [-0.2, -0.15) is 5.10 Å². The van der Waals surface area contributed by atoms with E-state index in [0.717, 1.165) is 40.0 Å². The van der Waals surface area contributed by atoms with Gasteiger partial charge in [-0.3, -0.25) is 15.0 Å². The predicted octanol–water partition coefficient (Wildman–Crippen LogP) is 5.10. The molecule has 1 aliphatic heterocycles. The lowest BCUT2D eigenvalue weighted by Gasteiger charge is -2.31. The van der Waals surface area contributed by atoms with E-state index < -0.39 is 6.10 Å². The first-order valence-electron chi connectivity index (χ1n) is 14.6. The van der Waals surface area contributed by atoms with Crippen molar-refractivity contribution >= 4 is 34.2 Å². The summed E-state index contributed by atoms with van der Waals surface area (Å²) in [7, 11) is 1.62. The first-order chi connectivity index (χ1) is 20.6. The molecule has 1 aromatic heterocycles. The molecule has 10 nitrogen and oxygen atoms in total. The molecule has 226 valence electrons. The molecule has 0 saturated carbocycles. The van der Waals surface area contributed by atoms with Crippen molar-refractivity contribution in [3.05, 3.63) is 78.0 Å². The van der Waals surface area contributed by atoms with Gasteiger partial charge in [-0.15, -0.1) is 0 Å². The highest BCUT2D eigenvalue weighted by atomic mass is 16.5. The number of hydrogen-bond acceptors (Lipinski definition) is 6. The van der Waals surface area contributed by atoms with Crippen molar-refractivity contribution in [3.8, 4) is 11.4 Å². The van der Waals surface area contributed by atoms with Gasteiger partial charge in [0.2, 0.25) is 5.91 Å². The number of likely N-dealkylation sites (N-methyl/N-ethyl adjacent to an activating group) is 1. The molecule has 2 heterocycles. The average molecular weight is 585 g/mol. The minimum absolute atomic E-state index is 0.113. The second-order valence-electron chi connectivity index (χ2n) is 11.8. The van der Waals surface area contributed by atoms with Crippen molar-refractivity contribution in [2.45, 2.75) is 39.2 Å². The maximum Gasteiger partial charge on any atom is 0.324 e. The van der Waals surface area contributed by atoms with Crippen molar-refractivity contribution in [2.24, 2.45) is 0 Å². The Bertz CT molecular complexity index is 1590. The van der Waals surface area contributed by atoms with Crippen LogP contribution in [0.1, 0.15) is 32.0 Å². The van der Waals surface area contributed by atoms with Crippen LogP contribution in [0.15, 0.2) is 66.7 Å². The standard InChI is InChI=1S/C33H40N6O4/c1-22-10-12-23(13-11-22)39-30(20-29(37-39)33(2,3)4)36-32(41)35-26-14-15-27(25-9-7-6-8-24(25)26)42-18-16-38-17-19-43-28(21-38)31(40)34-5/h6-15,20,28H,16-19,21H2,1-5H3,(H,34,40)(H2,35,36,41). The molecule has 3 N–H and O–H groups in total. The van der Waals surface area contributed by atoms with E-state index >= 15 is 0 Å². The Kier molecular flexibility index (Phi) is 8.98. The number of amides is 3. The number of carbonyl (C=O) groups excluding carboxylic acids is 2. The van der Waals surface area contributed by atoms with E-state index in [9.17, 15) is 9.59 Å². The number of carbonyl (C=O) groups is 2. The van der Waals surface area contributed by atoms with Crippen LogP contribution in [0.2, 0.25) is 0 Å². The Morgan fingerprint density at radius 3 is 2.49 bits per heavy atom. The third kappa shape index (κ3) is 7.15. The largest absolute Gasteiger partial charge is 0.492 e. The molecule has 1 aliphatic rings. The van der Waals surface area contributed by atoms with Gasteiger partial charge in [0.05, 0.1) is 23.7 Å². The highest BCUT2D eigenvalue weighted by Gasteiger charge is 2.26. The number of anilines is 2. The van der Waals surface area contributed by atoms with Gasteiger partial charge in [0.15, 0.2) is 0 Å². The van der Waals surface area contributed by atoms with Crippen LogP contribution in [-0.4, -0.2) is 72.6 Å². The minimum atomic E-state index is -0.466. The van der Waals surface area contributed by atoms with Crippen molar-refractivity contribution in [2.75, 3.05) is 50.5 Å². The quantitative estimate of drug-likeness (QED) is 0.266. The molecule has 0 radical (unpaired) electrons. The van der Waals surface area contributed by atoms with Crippen LogP contribution in [-0.2, 0) is 14.9 Å². The zero-order chi connectivity index (χ0) is 30.6. The highest BCUT2D eigenvalue weighted by molar-refractivity contribution is 6.07. The number of urea groups is 1. The van der Waals surface area contributed by atoms with Gasteiger partial charge in [0.1, 0.15) is 24.3 Å². The monoisotopic (exact) mass is 584 g/mol.